The fraction of sp³-hybridized carbons (Fsp3) is 0.235. The lowest BCUT2D eigenvalue weighted by molar-refractivity contribution is 0.102. The third kappa shape index (κ3) is 3.06. The van der Waals surface area contributed by atoms with E-state index in [1.807, 2.05) is 12.1 Å². The monoisotopic (exact) mass is 371 g/mol. The maximum absolute atomic E-state index is 12.7. The number of hydrogen-bond acceptors (Lipinski definition) is 5. The first-order valence-corrected chi connectivity index (χ1v) is 9.92. The van der Waals surface area contributed by atoms with Gasteiger partial charge in [0.05, 0.1) is 29.2 Å². The number of fused-ring (bicyclic) bond motifs is 2. The topological polar surface area (TPSA) is 108 Å². The SMILES string of the molecule is CS(=O)(=O)N1CCc2c(cncc2C(=O)Nc2ccc3nc[nH]c3c2)C1. The Morgan fingerprint density at radius 3 is 2.96 bits per heavy atom. The number of hydrogen-bond donors (Lipinski definition) is 2. The average Bonchev–Trinajstić information content (AvgIpc) is 3.07. The van der Waals surface area contributed by atoms with Crippen LogP contribution in [0.15, 0.2) is 36.9 Å². The van der Waals surface area contributed by atoms with Crippen LogP contribution >= 0.6 is 0 Å². The van der Waals surface area contributed by atoms with E-state index in [2.05, 4.69) is 20.3 Å². The number of aromatic nitrogens is 3. The van der Waals surface area contributed by atoms with Gasteiger partial charge in [-0.15, -0.1) is 0 Å². The first-order chi connectivity index (χ1) is 12.4. The molecule has 0 fully saturated rings. The molecule has 0 saturated heterocycles. The Kier molecular flexibility index (Phi) is 3.97. The highest BCUT2D eigenvalue weighted by Crippen LogP contribution is 2.24. The summed E-state index contributed by atoms with van der Waals surface area (Å²) in [6, 6.07) is 5.42. The number of benzene rings is 1. The van der Waals surface area contributed by atoms with Crippen LogP contribution in [0.3, 0.4) is 0 Å². The molecule has 2 N–H and O–H groups in total. The van der Waals surface area contributed by atoms with Gasteiger partial charge >= 0.3 is 0 Å². The zero-order valence-electron chi connectivity index (χ0n) is 14.1. The van der Waals surface area contributed by atoms with Gasteiger partial charge in [-0.1, -0.05) is 0 Å². The number of anilines is 1. The van der Waals surface area contributed by atoms with Crippen LogP contribution in [0.4, 0.5) is 5.69 Å². The molecule has 0 spiro atoms. The van der Waals surface area contributed by atoms with E-state index < -0.39 is 10.0 Å². The minimum absolute atomic E-state index is 0.238. The van der Waals surface area contributed by atoms with E-state index in [0.29, 0.717) is 24.2 Å². The van der Waals surface area contributed by atoms with E-state index in [0.717, 1.165) is 22.2 Å². The molecule has 8 nitrogen and oxygen atoms in total. The van der Waals surface area contributed by atoms with Crippen molar-refractivity contribution >= 4 is 32.7 Å². The molecule has 0 atom stereocenters. The van der Waals surface area contributed by atoms with Crippen LogP contribution in [-0.4, -0.2) is 46.4 Å². The molecule has 1 aliphatic heterocycles. The zero-order chi connectivity index (χ0) is 18.3. The van der Waals surface area contributed by atoms with Gasteiger partial charge < -0.3 is 10.3 Å². The number of nitrogens with one attached hydrogen (secondary N) is 2. The van der Waals surface area contributed by atoms with Crippen LogP contribution in [-0.2, 0) is 23.0 Å². The summed E-state index contributed by atoms with van der Waals surface area (Å²) in [5, 5.41) is 2.87. The number of nitrogens with zero attached hydrogens (tertiary/aromatic N) is 3. The second-order valence-corrected chi connectivity index (χ2v) is 8.24. The van der Waals surface area contributed by atoms with Crippen LogP contribution in [0.5, 0.6) is 0 Å². The number of H-pyrrole nitrogens is 1. The van der Waals surface area contributed by atoms with Crippen molar-refractivity contribution < 1.29 is 13.2 Å². The summed E-state index contributed by atoms with van der Waals surface area (Å²) in [4.78, 5) is 24.0. The average molecular weight is 371 g/mol. The summed E-state index contributed by atoms with van der Waals surface area (Å²) in [5.74, 6) is -0.263. The molecule has 134 valence electrons. The smallest absolute Gasteiger partial charge is 0.257 e. The van der Waals surface area contributed by atoms with Crippen molar-refractivity contribution in [3.63, 3.8) is 0 Å². The van der Waals surface area contributed by atoms with E-state index in [9.17, 15) is 13.2 Å². The minimum Gasteiger partial charge on any atom is -0.345 e. The first kappa shape index (κ1) is 16.7. The van der Waals surface area contributed by atoms with Crippen molar-refractivity contribution in [2.45, 2.75) is 13.0 Å². The van der Waals surface area contributed by atoms with E-state index in [1.165, 1.54) is 16.8 Å². The molecule has 9 heteroatoms. The van der Waals surface area contributed by atoms with Crippen LogP contribution in [0, 0.1) is 0 Å². The van der Waals surface area contributed by atoms with Crippen LogP contribution in [0.1, 0.15) is 21.5 Å². The van der Waals surface area contributed by atoms with Crippen molar-refractivity contribution in [2.75, 3.05) is 18.1 Å². The maximum atomic E-state index is 12.7. The normalized spacial score (nSPS) is 15.0. The summed E-state index contributed by atoms with van der Waals surface area (Å²) in [6.45, 7) is 0.596. The highest BCUT2D eigenvalue weighted by atomic mass is 32.2. The van der Waals surface area contributed by atoms with Gasteiger partial charge in [0.2, 0.25) is 10.0 Å². The molecule has 0 saturated carbocycles. The zero-order valence-corrected chi connectivity index (χ0v) is 14.9. The number of rotatable bonds is 3. The Morgan fingerprint density at radius 2 is 2.15 bits per heavy atom. The predicted molar refractivity (Wildman–Crippen MR) is 97.2 cm³/mol. The molecule has 0 unspecified atom stereocenters. The molecule has 4 rings (SSSR count). The molecule has 1 aliphatic rings. The third-order valence-electron chi connectivity index (χ3n) is 4.50. The molecule has 0 aliphatic carbocycles. The summed E-state index contributed by atoms with van der Waals surface area (Å²) in [6.07, 6.45) is 6.42. The lowest BCUT2D eigenvalue weighted by atomic mass is 9.98. The van der Waals surface area contributed by atoms with Gasteiger partial charge in [-0.25, -0.2) is 13.4 Å². The number of amides is 1. The van der Waals surface area contributed by atoms with Gasteiger partial charge in [0.25, 0.3) is 5.91 Å². The molecule has 0 radical (unpaired) electrons. The van der Waals surface area contributed by atoms with Crippen LogP contribution < -0.4 is 5.32 Å². The molecule has 2 aromatic heterocycles. The van der Waals surface area contributed by atoms with E-state index in [-0.39, 0.29) is 12.5 Å². The molecule has 26 heavy (non-hydrogen) atoms. The van der Waals surface area contributed by atoms with Crippen molar-refractivity contribution in [1.82, 2.24) is 19.3 Å². The van der Waals surface area contributed by atoms with Crippen molar-refractivity contribution in [2.24, 2.45) is 0 Å². The Labute approximate surface area is 150 Å². The van der Waals surface area contributed by atoms with Gasteiger partial charge in [-0.3, -0.25) is 9.78 Å². The molecule has 0 bridgehead atoms. The number of pyridine rings is 1. The summed E-state index contributed by atoms with van der Waals surface area (Å²) < 4.78 is 24.9. The van der Waals surface area contributed by atoms with E-state index >= 15 is 0 Å². The highest BCUT2D eigenvalue weighted by molar-refractivity contribution is 7.88. The number of carbonyl (C=O) groups excluding carboxylic acids is 1. The predicted octanol–water partition coefficient (Wildman–Crippen LogP) is 1.53. The van der Waals surface area contributed by atoms with E-state index in [4.69, 9.17) is 0 Å². The summed E-state index contributed by atoms with van der Waals surface area (Å²) in [5.41, 5.74) is 4.39. The standard InChI is InChI=1S/C17H17N5O3S/c1-26(24,25)22-5-4-13-11(9-22)7-18-8-14(13)17(23)21-12-2-3-15-16(6-12)20-10-19-15/h2-3,6-8,10H,4-5,9H2,1H3,(H,19,20)(H,21,23). The largest absolute Gasteiger partial charge is 0.345 e. The van der Waals surface area contributed by atoms with Gasteiger partial charge in [-0.05, 0) is 35.7 Å². The van der Waals surface area contributed by atoms with Crippen molar-refractivity contribution in [1.29, 1.82) is 0 Å². The van der Waals surface area contributed by atoms with Crippen LogP contribution in [0.2, 0.25) is 0 Å². The highest BCUT2D eigenvalue weighted by Gasteiger charge is 2.26. The molecular formula is C17H17N5O3S. The van der Waals surface area contributed by atoms with Crippen LogP contribution in [0.25, 0.3) is 11.0 Å². The second kappa shape index (κ2) is 6.19. The fourth-order valence-corrected chi connectivity index (χ4v) is 3.95. The molecule has 3 aromatic rings. The van der Waals surface area contributed by atoms with Gasteiger partial charge in [-0.2, -0.15) is 4.31 Å². The number of aromatic amines is 1. The fourth-order valence-electron chi connectivity index (χ4n) is 3.16. The van der Waals surface area contributed by atoms with Gasteiger partial charge in [0.15, 0.2) is 0 Å². The Morgan fingerprint density at radius 1 is 1.31 bits per heavy atom. The van der Waals surface area contributed by atoms with E-state index in [1.54, 1.807) is 18.6 Å². The number of imidazole rings is 1. The molecular weight excluding hydrogens is 354 g/mol. The first-order valence-electron chi connectivity index (χ1n) is 8.07. The number of carbonyl (C=O) groups is 1. The molecule has 3 heterocycles. The second-order valence-electron chi connectivity index (χ2n) is 6.26. The Balaban J connectivity index is 1.61. The van der Waals surface area contributed by atoms with Crippen molar-refractivity contribution in [3.8, 4) is 0 Å². The third-order valence-corrected chi connectivity index (χ3v) is 5.75. The Bertz CT molecular complexity index is 1110. The van der Waals surface area contributed by atoms with Gasteiger partial charge in [0, 0.05) is 31.2 Å². The Hall–Kier alpha value is -2.78. The van der Waals surface area contributed by atoms with Gasteiger partial charge in [0.1, 0.15) is 0 Å². The van der Waals surface area contributed by atoms with Crippen molar-refractivity contribution in [3.05, 3.63) is 53.6 Å². The molecule has 1 aromatic carbocycles. The number of sulfonamides is 1. The minimum atomic E-state index is -3.27. The summed E-state index contributed by atoms with van der Waals surface area (Å²) in [7, 11) is -3.27. The lowest BCUT2D eigenvalue weighted by Gasteiger charge is -2.27. The lowest BCUT2D eigenvalue weighted by Crippen LogP contribution is -2.36. The molecule has 1 amide bonds. The maximum Gasteiger partial charge on any atom is 0.257 e. The quantitative estimate of drug-likeness (QED) is 0.726. The summed E-state index contributed by atoms with van der Waals surface area (Å²) >= 11 is 0.